The predicted octanol–water partition coefficient (Wildman–Crippen LogP) is 6.10. The first-order chi connectivity index (χ1) is 10.3. The van der Waals surface area contributed by atoms with Crippen LogP contribution in [-0.4, -0.2) is 5.25 Å². The highest BCUT2D eigenvalue weighted by molar-refractivity contribution is 9.10. The highest BCUT2D eigenvalue weighted by atomic mass is 79.9. The lowest BCUT2D eigenvalue weighted by Crippen LogP contribution is -2.02. The maximum absolute atomic E-state index is 3.59. The Hall–Kier alpha value is -0.930. The first-order valence-electron chi connectivity index (χ1n) is 7.55. The number of para-hydroxylation sites is 1. The molecule has 21 heavy (non-hydrogen) atoms. The van der Waals surface area contributed by atoms with Gasteiger partial charge in [-0.25, -0.2) is 0 Å². The molecule has 0 saturated heterocycles. The van der Waals surface area contributed by atoms with Gasteiger partial charge in [0.25, 0.3) is 0 Å². The molecule has 1 fully saturated rings. The van der Waals surface area contributed by atoms with Gasteiger partial charge in [0.05, 0.1) is 0 Å². The number of rotatable bonds is 5. The summed E-state index contributed by atoms with van der Waals surface area (Å²) in [5, 5.41) is 4.39. The Morgan fingerprint density at radius 3 is 2.67 bits per heavy atom. The SMILES string of the molecule is Brc1cccc(CNc2ccccc2SC2CCCC2)c1. The molecule has 0 atom stereocenters. The van der Waals surface area contributed by atoms with Gasteiger partial charge in [-0.1, -0.05) is 53.0 Å². The third-order valence-electron chi connectivity index (χ3n) is 3.85. The summed E-state index contributed by atoms with van der Waals surface area (Å²) in [4.78, 5) is 1.39. The number of thioether (sulfide) groups is 1. The molecule has 0 aromatic heterocycles. The van der Waals surface area contributed by atoms with E-state index in [1.165, 1.54) is 41.8 Å². The van der Waals surface area contributed by atoms with Crippen LogP contribution in [0.2, 0.25) is 0 Å². The second kappa shape index (κ2) is 7.37. The van der Waals surface area contributed by atoms with Crippen LogP contribution >= 0.6 is 27.7 Å². The normalized spacial score (nSPS) is 15.3. The van der Waals surface area contributed by atoms with E-state index in [1.54, 1.807) is 0 Å². The van der Waals surface area contributed by atoms with E-state index in [2.05, 4.69) is 69.8 Å². The zero-order valence-corrected chi connectivity index (χ0v) is 14.4. The molecule has 0 heterocycles. The number of nitrogens with one attached hydrogen (secondary N) is 1. The van der Waals surface area contributed by atoms with Crippen molar-refractivity contribution >= 4 is 33.4 Å². The summed E-state index contributed by atoms with van der Waals surface area (Å²) in [6, 6.07) is 17.2. The molecule has 2 aromatic carbocycles. The molecule has 3 heteroatoms. The van der Waals surface area contributed by atoms with Crippen LogP contribution in [-0.2, 0) is 6.54 Å². The predicted molar refractivity (Wildman–Crippen MR) is 96.0 cm³/mol. The fourth-order valence-corrected chi connectivity index (χ4v) is 4.54. The molecule has 3 rings (SSSR count). The minimum atomic E-state index is 0.804. The molecule has 1 saturated carbocycles. The van der Waals surface area contributed by atoms with Gasteiger partial charge in [0.15, 0.2) is 0 Å². The number of halogens is 1. The van der Waals surface area contributed by atoms with E-state index in [1.807, 2.05) is 11.8 Å². The van der Waals surface area contributed by atoms with Gasteiger partial charge in [0.2, 0.25) is 0 Å². The Kier molecular flexibility index (Phi) is 5.26. The largest absolute Gasteiger partial charge is 0.380 e. The first kappa shape index (κ1) is 15.0. The fraction of sp³-hybridized carbons (Fsp3) is 0.333. The van der Waals surface area contributed by atoms with Gasteiger partial charge in [0.1, 0.15) is 0 Å². The topological polar surface area (TPSA) is 12.0 Å². The fourth-order valence-electron chi connectivity index (χ4n) is 2.75. The minimum Gasteiger partial charge on any atom is -0.380 e. The van der Waals surface area contributed by atoms with E-state index in [0.717, 1.165) is 16.3 Å². The van der Waals surface area contributed by atoms with Crippen molar-refractivity contribution in [2.24, 2.45) is 0 Å². The smallest absolute Gasteiger partial charge is 0.0481 e. The molecule has 0 amide bonds. The van der Waals surface area contributed by atoms with Crippen LogP contribution in [0.5, 0.6) is 0 Å². The summed E-state index contributed by atoms with van der Waals surface area (Å²) in [7, 11) is 0. The highest BCUT2D eigenvalue weighted by Crippen LogP contribution is 2.38. The molecular weight excluding hydrogens is 342 g/mol. The quantitative estimate of drug-likeness (QED) is 0.690. The number of hydrogen-bond acceptors (Lipinski definition) is 2. The van der Waals surface area contributed by atoms with E-state index < -0.39 is 0 Å². The van der Waals surface area contributed by atoms with E-state index in [-0.39, 0.29) is 0 Å². The summed E-state index contributed by atoms with van der Waals surface area (Å²) in [5.74, 6) is 0. The van der Waals surface area contributed by atoms with Crippen molar-refractivity contribution in [2.75, 3.05) is 5.32 Å². The standard InChI is InChI=1S/C18H20BrNS/c19-15-7-5-6-14(12-15)13-20-17-10-3-4-11-18(17)21-16-8-1-2-9-16/h3-7,10-12,16,20H,1-2,8-9,13H2. The molecule has 0 bridgehead atoms. The monoisotopic (exact) mass is 361 g/mol. The van der Waals surface area contributed by atoms with Crippen molar-refractivity contribution in [1.82, 2.24) is 0 Å². The third kappa shape index (κ3) is 4.27. The third-order valence-corrected chi connectivity index (χ3v) is 5.76. The summed E-state index contributed by atoms with van der Waals surface area (Å²) in [6.07, 6.45) is 5.52. The first-order valence-corrected chi connectivity index (χ1v) is 9.22. The van der Waals surface area contributed by atoms with Gasteiger partial charge in [-0.05, 0) is 42.7 Å². The van der Waals surface area contributed by atoms with Crippen molar-refractivity contribution in [1.29, 1.82) is 0 Å². The van der Waals surface area contributed by atoms with Crippen molar-refractivity contribution in [3.63, 3.8) is 0 Å². The molecule has 110 valence electrons. The van der Waals surface area contributed by atoms with Crippen molar-refractivity contribution in [3.05, 3.63) is 58.6 Å². The Bertz CT molecular complexity index is 593. The maximum atomic E-state index is 3.59. The van der Waals surface area contributed by atoms with E-state index in [0.29, 0.717) is 0 Å². The lowest BCUT2D eigenvalue weighted by Gasteiger charge is -2.15. The summed E-state index contributed by atoms with van der Waals surface area (Å²) < 4.78 is 1.13. The van der Waals surface area contributed by atoms with Crippen LogP contribution in [0.3, 0.4) is 0 Å². The van der Waals surface area contributed by atoms with E-state index >= 15 is 0 Å². The Morgan fingerprint density at radius 1 is 1.05 bits per heavy atom. The molecule has 0 spiro atoms. The number of benzene rings is 2. The molecule has 0 radical (unpaired) electrons. The zero-order chi connectivity index (χ0) is 14.5. The molecule has 2 aromatic rings. The lowest BCUT2D eigenvalue weighted by molar-refractivity contribution is 0.886. The highest BCUT2D eigenvalue weighted by Gasteiger charge is 2.17. The second-order valence-corrected chi connectivity index (χ2v) is 7.76. The van der Waals surface area contributed by atoms with E-state index in [9.17, 15) is 0 Å². The Morgan fingerprint density at radius 2 is 1.86 bits per heavy atom. The van der Waals surface area contributed by atoms with Crippen LogP contribution in [0, 0.1) is 0 Å². The van der Waals surface area contributed by atoms with Crippen LogP contribution in [0.15, 0.2) is 57.9 Å². The molecule has 1 N–H and O–H groups in total. The zero-order valence-electron chi connectivity index (χ0n) is 12.0. The Balaban J connectivity index is 1.67. The van der Waals surface area contributed by atoms with Gasteiger partial charge in [-0.2, -0.15) is 0 Å². The summed E-state index contributed by atoms with van der Waals surface area (Å²) in [5.41, 5.74) is 2.56. The van der Waals surface area contributed by atoms with Crippen LogP contribution in [0.25, 0.3) is 0 Å². The molecular formula is C18H20BrNS. The maximum Gasteiger partial charge on any atom is 0.0481 e. The molecule has 1 aliphatic rings. The summed E-state index contributed by atoms with van der Waals surface area (Å²) in [6.45, 7) is 0.863. The molecule has 0 aliphatic heterocycles. The molecule has 1 nitrogen and oxygen atoms in total. The van der Waals surface area contributed by atoms with Gasteiger partial charge in [-0.3, -0.25) is 0 Å². The Labute approximate surface area is 139 Å². The lowest BCUT2D eigenvalue weighted by atomic mass is 10.2. The van der Waals surface area contributed by atoms with Gasteiger partial charge >= 0.3 is 0 Å². The van der Waals surface area contributed by atoms with Crippen LogP contribution in [0.1, 0.15) is 31.2 Å². The van der Waals surface area contributed by atoms with Gasteiger partial charge in [-0.15, -0.1) is 11.8 Å². The van der Waals surface area contributed by atoms with E-state index in [4.69, 9.17) is 0 Å². The van der Waals surface area contributed by atoms with Crippen molar-refractivity contribution < 1.29 is 0 Å². The number of hydrogen-bond donors (Lipinski definition) is 1. The molecule has 0 unspecified atom stereocenters. The summed E-state index contributed by atoms with van der Waals surface area (Å²) >= 11 is 5.57. The average molecular weight is 362 g/mol. The molecule has 1 aliphatic carbocycles. The number of anilines is 1. The van der Waals surface area contributed by atoms with Gasteiger partial charge < -0.3 is 5.32 Å². The van der Waals surface area contributed by atoms with Gasteiger partial charge in [0, 0.05) is 26.9 Å². The minimum absolute atomic E-state index is 0.804. The van der Waals surface area contributed by atoms with Crippen molar-refractivity contribution in [3.8, 4) is 0 Å². The van der Waals surface area contributed by atoms with Crippen LogP contribution in [0.4, 0.5) is 5.69 Å². The van der Waals surface area contributed by atoms with Crippen molar-refractivity contribution in [2.45, 2.75) is 42.4 Å². The van der Waals surface area contributed by atoms with Crippen LogP contribution < -0.4 is 5.32 Å². The average Bonchev–Trinajstić information content (AvgIpc) is 2.99. The second-order valence-electron chi connectivity index (χ2n) is 5.50.